The lowest BCUT2D eigenvalue weighted by Crippen LogP contribution is -2.40. The van der Waals surface area contributed by atoms with Crippen LogP contribution in [0.1, 0.15) is 43.6 Å². The van der Waals surface area contributed by atoms with Crippen molar-refractivity contribution >= 4 is 29.1 Å². The van der Waals surface area contributed by atoms with E-state index in [2.05, 4.69) is 29.6 Å². The molecule has 0 bridgehead atoms. The third-order valence-electron chi connectivity index (χ3n) is 7.26. The van der Waals surface area contributed by atoms with Crippen LogP contribution in [0, 0.1) is 5.92 Å². The Morgan fingerprint density at radius 2 is 1.64 bits per heavy atom. The first kappa shape index (κ1) is 23.7. The number of fused-ring (bicyclic) bond motifs is 1. The van der Waals surface area contributed by atoms with Crippen LogP contribution in [0.3, 0.4) is 0 Å². The number of rotatable bonds is 5. The van der Waals surface area contributed by atoms with Crippen molar-refractivity contribution in [3.8, 4) is 16.9 Å². The van der Waals surface area contributed by atoms with E-state index in [-0.39, 0.29) is 12.5 Å². The second-order valence-electron chi connectivity index (χ2n) is 9.67. The van der Waals surface area contributed by atoms with Gasteiger partial charge in [0.2, 0.25) is 0 Å². The fourth-order valence-electron chi connectivity index (χ4n) is 5.26. The number of carboxylic acid groups (broad SMARTS) is 1. The van der Waals surface area contributed by atoms with Gasteiger partial charge >= 0.3 is 12.0 Å². The van der Waals surface area contributed by atoms with Gasteiger partial charge in [0.05, 0.1) is 12.2 Å². The summed E-state index contributed by atoms with van der Waals surface area (Å²) >= 11 is 0. The van der Waals surface area contributed by atoms with Gasteiger partial charge in [-0.3, -0.25) is 9.69 Å². The molecule has 0 radical (unpaired) electrons. The molecule has 1 heterocycles. The highest BCUT2D eigenvalue weighted by Crippen LogP contribution is 2.39. The Labute approximate surface area is 210 Å². The molecule has 2 amide bonds. The summed E-state index contributed by atoms with van der Waals surface area (Å²) in [6, 6.07) is 21.4. The third-order valence-corrected chi connectivity index (χ3v) is 7.26. The number of ether oxygens (including phenoxy) is 1. The summed E-state index contributed by atoms with van der Waals surface area (Å²) in [4.78, 5) is 25.6. The van der Waals surface area contributed by atoms with Crippen LogP contribution in [0.5, 0.6) is 5.75 Å². The zero-order valence-electron chi connectivity index (χ0n) is 20.2. The number of carbonyl (C=O) groups is 2. The summed E-state index contributed by atoms with van der Waals surface area (Å²) in [5.74, 6) is 0.792. The molecule has 0 aromatic heterocycles. The molecular formula is C29H31N3O4. The molecule has 1 fully saturated rings. The van der Waals surface area contributed by atoms with Crippen LogP contribution < -0.4 is 20.7 Å². The fraction of sp³-hybridized carbons (Fsp3) is 0.310. The van der Waals surface area contributed by atoms with Crippen molar-refractivity contribution in [2.24, 2.45) is 5.92 Å². The number of aliphatic carboxylic acids is 1. The largest absolute Gasteiger partial charge is 0.490 e. The SMILES string of the molecule is Nc1ccc(NC(=O)N2CCOc3cc(-c4ccc([C@H]5CC[C@H](CC(=O)O)CC5)cc4)ccc32)cc1. The lowest BCUT2D eigenvalue weighted by Gasteiger charge is -2.30. The maximum absolute atomic E-state index is 12.9. The van der Waals surface area contributed by atoms with Crippen molar-refractivity contribution in [2.75, 3.05) is 29.1 Å². The van der Waals surface area contributed by atoms with Crippen molar-refractivity contribution in [3.05, 3.63) is 72.3 Å². The standard InChI is InChI=1S/C29H31N3O4/c30-24-10-12-25(13-11-24)31-29(35)32-15-16-36-27-18-23(9-14-26(27)32)22-7-5-21(6-8-22)20-3-1-19(2-4-20)17-28(33)34/h5-14,18-20H,1-4,15-17,30H2,(H,31,35)(H,33,34)/t19-,20-. The van der Waals surface area contributed by atoms with Crippen LogP contribution in [0.4, 0.5) is 21.9 Å². The number of nitrogens with one attached hydrogen (secondary N) is 1. The number of hydrogen-bond donors (Lipinski definition) is 3. The highest BCUT2D eigenvalue weighted by Gasteiger charge is 2.25. The maximum atomic E-state index is 12.9. The number of hydrogen-bond acceptors (Lipinski definition) is 4. The molecule has 5 rings (SSSR count). The zero-order chi connectivity index (χ0) is 25.1. The molecule has 2 aliphatic rings. The van der Waals surface area contributed by atoms with Crippen LogP contribution in [0.15, 0.2) is 66.7 Å². The van der Waals surface area contributed by atoms with Crippen molar-refractivity contribution < 1.29 is 19.4 Å². The fourth-order valence-corrected chi connectivity index (χ4v) is 5.26. The normalized spacial score (nSPS) is 19.2. The number of benzene rings is 3. The van der Waals surface area contributed by atoms with Crippen molar-refractivity contribution in [3.63, 3.8) is 0 Å². The highest BCUT2D eigenvalue weighted by molar-refractivity contribution is 6.03. The molecule has 0 spiro atoms. The molecule has 1 aliphatic carbocycles. The lowest BCUT2D eigenvalue weighted by molar-refractivity contribution is -0.138. The van der Waals surface area contributed by atoms with E-state index < -0.39 is 5.97 Å². The number of amides is 2. The molecule has 0 unspecified atom stereocenters. The minimum absolute atomic E-state index is 0.209. The molecule has 1 aliphatic heterocycles. The Balaban J connectivity index is 1.26. The van der Waals surface area contributed by atoms with Crippen molar-refractivity contribution in [1.82, 2.24) is 0 Å². The maximum Gasteiger partial charge on any atom is 0.326 e. The van der Waals surface area contributed by atoms with E-state index in [1.165, 1.54) is 5.56 Å². The van der Waals surface area contributed by atoms with E-state index >= 15 is 0 Å². The van der Waals surface area contributed by atoms with E-state index in [1.54, 1.807) is 29.2 Å². The number of urea groups is 1. The van der Waals surface area contributed by atoms with E-state index in [0.717, 1.165) is 42.5 Å². The van der Waals surface area contributed by atoms with Crippen LogP contribution in [-0.4, -0.2) is 30.3 Å². The lowest BCUT2D eigenvalue weighted by atomic mass is 9.77. The van der Waals surface area contributed by atoms with Crippen molar-refractivity contribution in [1.29, 1.82) is 0 Å². The van der Waals surface area contributed by atoms with Gasteiger partial charge in [0.25, 0.3) is 0 Å². The predicted molar refractivity (Wildman–Crippen MR) is 142 cm³/mol. The Bertz CT molecular complexity index is 1230. The average molecular weight is 486 g/mol. The summed E-state index contributed by atoms with van der Waals surface area (Å²) in [5.41, 5.74) is 11.2. The van der Waals surface area contributed by atoms with E-state index in [4.69, 9.17) is 15.6 Å². The van der Waals surface area contributed by atoms with Gasteiger partial charge in [0.1, 0.15) is 12.4 Å². The van der Waals surface area contributed by atoms with Gasteiger partial charge in [0.15, 0.2) is 0 Å². The molecule has 7 heteroatoms. The molecular weight excluding hydrogens is 454 g/mol. The minimum atomic E-state index is -0.692. The number of nitrogen functional groups attached to an aromatic ring is 1. The summed E-state index contributed by atoms with van der Waals surface area (Å²) in [6.45, 7) is 0.895. The van der Waals surface area contributed by atoms with Gasteiger partial charge in [-0.05, 0) is 90.6 Å². The Hall–Kier alpha value is -4.00. The van der Waals surface area contributed by atoms with E-state index in [9.17, 15) is 9.59 Å². The summed E-state index contributed by atoms with van der Waals surface area (Å²) in [7, 11) is 0. The zero-order valence-corrected chi connectivity index (χ0v) is 20.2. The highest BCUT2D eigenvalue weighted by atomic mass is 16.5. The van der Waals surface area contributed by atoms with Crippen LogP contribution in [0.25, 0.3) is 11.1 Å². The molecule has 36 heavy (non-hydrogen) atoms. The molecule has 0 saturated heterocycles. The predicted octanol–water partition coefficient (Wildman–Crippen LogP) is 6.12. The second-order valence-corrected chi connectivity index (χ2v) is 9.67. The molecule has 186 valence electrons. The monoisotopic (exact) mass is 485 g/mol. The summed E-state index contributed by atoms with van der Waals surface area (Å²) in [6.07, 6.45) is 4.32. The van der Waals surface area contributed by atoms with Gasteiger partial charge in [0, 0.05) is 17.8 Å². The molecule has 7 nitrogen and oxygen atoms in total. The molecule has 3 aromatic rings. The van der Waals surface area contributed by atoms with Crippen LogP contribution >= 0.6 is 0 Å². The third kappa shape index (κ3) is 5.30. The Morgan fingerprint density at radius 3 is 2.33 bits per heavy atom. The van der Waals surface area contributed by atoms with E-state index in [1.807, 2.05) is 18.2 Å². The number of nitrogens with two attached hydrogens (primary N) is 1. The number of carboxylic acids is 1. The first-order valence-electron chi connectivity index (χ1n) is 12.5. The van der Waals surface area contributed by atoms with Crippen LogP contribution in [0.2, 0.25) is 0 Å². The van der Waals surface area contributed by atoms with Crippen LogP contribution in [-0.2, 0) is 4.79 Å². The molecule has 3 aromatic carbocycles. The summed E-state index contributed by atoms with van der Waals surface area (Å²) in [5, 5.41) is 12.0. The number of nitrogens with zero attached hydrogens (tertiary/aromatic N) is 1. The quantitative estimate of drug-likeness (QED) is 0.378. The van der Waals surface area contributed by atoms with Gasteiger partial charge in [-0.2, -0.15) is 0 Å². The summed E-state index contributed by atoms with van der Waals surface area (Å²) < 4.78 is 5.91. The average Bonchev–Trinajstić information content (AvgIpc) is 2.89. The molecule has 0 atom stereocenters. The van der Waals surface area contributed by atoms with Gasteiger partial charge < -0.3 is 20.9 Å². The number of carbonyl (C=O) groups excluding carboxylic acids is 1. The smallest absolute Gasteiger partial charge is 0.326 e. The second kappa shape index (κ2) is 10.3. The Kier molecular flexibility index (Phi) is 6.80. The first-order chi connectivity index (χ1) is 17.5. The topological polar surface area (TPSA) is 105 Å². The first-order valence-corrected chi connectivity index (χ1v) is 12.5. The minimum Gasteiger partial charge on any atom is -0.490 e. The van der Waals surface area contributed by atoms with E-state index in [0.29, 0.717) is 42.1 Å². The molecule has 1 saturated carbocycles. The van der Waals surface area contributed by atoms with Gasteiger partial charge in [-0.25, -0.2) is 4.79 Å². The number of anilines is 3. The van der Waals surface area contributed by atoms with Gasteiger partial charge in [-0.1, -0.05) is 30.3 Å². The van der Waals surface area contributed by atoms with Gasteiger partial charge in [-0.15, -0.1) is 0 Å². The Morgan fingerprint density at radius 1 is 0.944 bits per heavy atom. The van der Waals surface area contributed by atoms with Crippen molar-refractivity contribution in [2.45, 2.75) is 38.0 Å². The molecule has 4 N–H and O–H groups in total.